The average molecular weight is 850 g/mol. The molecule has 3 aromatic rings. The number of rotatable bonds is 14. The second kappa shape index (κ2) is 17.3. The van der Waals surface area contributed by atoms with Crippen LogP contribution in [0, 0.1) is 0 Å². The normalized spacial score (nSPS) is 20.2. The molecule has 1 aromatic carbocycles. The number of aromatic nitrogens is 2. The molecule has 0 radical (unpaired) electrons. The molecule has 0 unspecified atom stereocenters. The number of oxime groups is 1. The van der Waals surface area contributed by atoms with Crippen LogP contribution in [0.5, 0.6) is 11.5 Å². The Labute approximate surface area is 361 Å². The minimum atomic E-state index is -1.92. The van der Waals surface area contributed by atoms with Gasteiger partial charge >= 0.3 is 35.5 Å². The van der Waals surface area contributed by atoms with Gasteiger partial charge in [0.25, 0.3) is 17.7 Å². The Morgan fingerprint density at radius 2 is 1.83 bits per heavy atom. The number of fused-ring (bicyclic) bond motifs is 2. The van der Waals surface area contributed by atoms with Crippen molar-refractivity contribution < 1.29 is 83.3 Å². The van der Waals surface area contributed by atoms with Crippen LogP contribution in [0.4, 0.5) is 5.13 Å². The standard InChI is InChI=1S/C36H42N8O11S2.Na/c1-5-42-14-19(28(47)18-12-23(45)24(46)13-22(18)42)29(48)38-8-11-44(9-6-7-10-44)15-20-17(2)57-32-26(31(50)43(32)27(20)33(51)52)40-30(49)25(21-16-56-35(37)39-21)41-55-36(3,4)34(53)54;/h12-14,16-17,26,32H,5-11,15H2,1-4H3,(H7-,37,38,39,40,41,45,46,47,48,49,51,52,53,54);/q;+1/t17-,26+,32+;/m0./s1. The van der Waals surface area contributed by atoms with Gasteiger partial charge in [-0.15, -0.1) is 23.1 Å². The number of pyridine rings is 1. The summed E-state index contributed by atoms with van der Waals surface area (Å²) >= 11 is 2.29. The third-order valence-electron chi connectivity index (χ3n) is 10.4. The van der Waals surface area contributed by atoms with Crippen molar-refractivity contribution in [3.8, 4) is 11.5 Å². The number of phenols is 2. The quantitative estimate of drug-likeness (QED) is 0.0234. The molecule has 3 amide bonds. The summed E-state index contributed by atoms with van der Waals surface area (Å²) in [5.41, 5.74) is 3.31. The van der Waals surface area contributed by atoms with Gasteiger partial charge in [-0.05, 0) is 33.8 Å². The van der Waals surface area contributed by atoms with Crippen LogP contribution in [-0.4, -0.2) is 125 Å². The predicted octanol–water partition coefficient (Wildman–Crippen LogP) is -3.11. The number of carboxylic acids is 2. The number of thioether (sulfide) groups is 1. The second-order valence-electron chi connectivity index (χ2n) is 14.6. The van der Waals surface area contributed by atoms with Crippen LogP contribution >= 0.6 is 23.1 Å². The van der Waals surface area contributed by atoms with Crippen LogP contribution in [0.2, 0.25) is 0 Å². The number of carbonyl (C=O) groups is 5. The van der Waals surface area contributed by atoms with Crippen LogP contribution in [-0.2, 0) is 30.6 Å². The molecule has 0 aliphatic carbocycles. The summed E-state index contributed by atoms with van der Waals surface area (Å²) in [7, 11) is 0. The zero-order chi connectivity index (χ0) is 41.6. The average Bonchev–Trinajstić information content (AvgIpc) is 3.81. The number of amides is 3. The summed E-state index contributed by atoms with van der Waals surface area (Å²) in [4.78, 5) is 88.6. The Balaban J connectivity index is 0.00000641. The number of hydrogen-bond acceptors (Lipinski definition) is 15. The van der Waals surface area contributed by atoms with E-state index in [9.17, 15) is 49.2 Å². The number of β-lactam (4-membered cyclic amide) rings is 1. The van der Waals surface area contributed by atoms with Crippen molar-refractivity contribution in [3.63, 3.8) is 0 Å². The minimum absolute atomic E-state index is 0. The number of carboxylic acid groups (broad SMARTS) is 2. The van der Waals surface area contributed by atoms with Gasteiger partial charge in [0.2, 0.25) is 5.43 Å². The molecule has 19 nitrogen and oxygen atoms in total. The maximum atomic E-state index is 13.7. The number of quaternary nitrogens is 1. The number of aromatic hydroxyl groups is 2. The molecule has 2 aromatic heterocycles. The van der Waals surface area contributed by atoms with E-state index >= 15 is 0 Å². The monoisotopic (exact) mass is 849 g/mol. The van der Waals surface area contributed by atoms with E-state index in [1.165, 1.54) is 43.3 Å². The number of nitrogens with zero attached hydrogens (tertiary/aromatic N) is 5. The molecule has 22 heteroatoms. The van der Waals surface area contributed by atoms with Crippen molar-refractivity contribution in [1.29, 1.82) is 0 Å². The van der Waals surface area contributed by atoms with Gasteiger partial charge in [-0.25, -0.2) is 9.78 Å². The topological polar surface area (TPSA) is 279 Å². The van der Waals surface area contributed by atoms with Gasteiger partial charge in [0.05, 0.1) is 43.1 Å². The van der Waals surface area contributed by atoms with Crippen molar-refractivity contribution in [1.82, 2.24) is 25.1 Å². The number of likely N-dealkylation sites (tertiary alicyclic amines) is 1. The Hall–Kier alpha value is -4.67. The van der Waals surface area contributed by atoms with Crippen LogP contribution in [0.25, 0.3) is 10.9 Å². The number of aryl methyl sites for hydroxylation is 1. The number of phenolic OH excluding ortho intramolecular Hbond substituents is 2. The molecule has 0 bridgehead atoms. The molecule has 2 fully saturated rings. The molecule has 58 heavy (non-hydrogen) atoms. The first-order chi connectivity index (χ1) is 26.9. The Kier molecular flexibility index (Phi) is 13.2. The molecule has 6 rings (SSSR count). The summed E-state index contributed by atoms with van der Waals surface area (Å²) < 4.78 is 2.05. The number of carbonyl (C=O) groups excluding carboxylic acids is 4. The molecule has 304 valence electrons. The first kappa shape index (κ1) is 44.4. The molecule has 0 saturated carbocycles. The van der Waals surface area contributed by atoms with E-state index in [1.54, 1.807) is 11.5 Å². The van der Waals surface area contributed by atoms with Crippen molar-refractivity contribution in [2.45, 2.75) is 69.3 Å². The smallest absolute Gasteiger partial charge is 0.546 e. The van der Waals surface area contributed by atoms with Crippen LogP contribution in [0.3, 0.4) is 0 Å². The largest absolute Gasteiger partial charge is 1.00 e. The summed E-state index contributed by atoms with van der Waals surface area (Å²) in [6, 6.07) is 1.23. The van der Waals surface area contributed by atoms with Crippen molar-refractivity contribution in [2.75, 3.05) is 38.5 Å². The fraction of sp³-hybridized carbons (Fsp3) is 0.444. The number of anilines is 1. The van der Waals surface area contributed by atoms with Gasteiger partial charge in [-0.3, -0.25) is 24.1 Å². The third-order valence-corrected chi connectivity index (χ3v) is 12.5. The Morgan fingerprint density at radius 1 is 1.16 bits per heavy atom. The van der Waals surface area contributed by atoms with Crippen molar-refractivity contribution in [2.24, 2.45) is 5.16 Å². The number of nitrogens with two attached hydrogens (primary N) is 1. The first-order valence-corrected chi connectivity index (χ1v) is 19.9. The van der Waals surface area contributed by atoms with Gasteiger partial charge < -0.3 is 55.5 Å². The number of hydrogen-bond donors (Lipinski definition) is 6. The molecule has 3 aliphatic rings. The Bertz CT molecular complexity index is 2300. The summed E-state index contributed by atoms with van der Waals surface area (Å²) in [6.07, 6.45) is 3.11. The van der Waals surface area contributed by atoms with E-state index in [-0.39, 0.29) is 70.1 Å². The zero-order valence-electron chi connectivity index (χ0n) is 32.4. The zero-order valence-corrected chi connectivity index (χ0v) is 36.1. The SMILES string of the molecule is CCn1cc(C(=O)NCC[N+]2(CC3=C(C(=O)O)N4C(=O)[C@@H](NC(=O)/C(=N\OC(C)(C)C(=O)[O-])c5csc(N)n5)[C@H]4S[C@H]3C)CCCC2)c(=O)c2cc(O)c(O)cc21.[Na+]. The molecule has 7 N–H and O–H groups in total. The molecule has 3 atom stereocenters. The maximum Gasteiger partial charge on any atom is 1.00 e. The molecule has 3 aliphatic heterocycles. The van der Waals surface area contributed by atoms with E-state index in [1.807, 2.05) is 6.92 Å². The molecular weight excluding hydrogens is 808 g/mol. The number of thiazole rings is 1. The number of nitrogen functional groups attached to an aromatic ring is 1. The van der Waals surface area contributed by atoms with Gasteiger partial charge in [0, 0.05) is 47.9 Å². The van der Waals surface area contributed by atoms with Gasteiger partial charge in [-0.1, -0.05) is 5.16 Å². The first-order valence-electron chi connectivity index (χ1n) is 18.0. The van der Waals surface area contributed by atoms with Gasteiger partial charge in [-0.2, -0.15) is 0 Å². The van der Waals surface area contributed by atoms with Crippen LogP contribution < -0.4 is 56.5 Å². The Morgan fingerprint density at radius 3 is 2.43 bits per heavy atom. The summed E-state index contributed by atoms with van der Waals surface area (Å²) in [5.74, 6) is -6.01. The third kappa shape index (κ3) is 8.55. The predicted molar refractivity (Wildman–Crippen MR) is 206 cm³/mol. The van der Waals surface area contributed by atoms with E-state index in [2.05, 4.69) is 20.8 Å². The van der Waals surface area contributed by atoms with Crippen LogP contribution in [0.1, 0.15) is 56.6 Å². The second-order valence-corrected chi connectivity index (χ2v) is 16.9. The summed E-state index contributed by atoms with van der Waals surface area (Å²) in [6.45, 7) is 8.54. The molecule has 2 saturated heterocycles. The maximum absolute atomic E-state index is 13.7. The minimum Gasteiger partial charge on any atom is -0.546 e. The molecular formula is C36H42N8NaO11S2+. The fourth-order valence-corrected chi connectivity index (χ4v) is 9.22. The fourth-order valence-electron chi connectivity index (χ4n) is 7.23. The van der Waals surface area contributed by atoms with Crippen molar-refractivity contribution in [3.05, 3.63) is 56.5 Å². The van der Waals surface area contributed by atoms with E-state index in [4.69, 9.17) is 10.6 Å². The van der Waals surface area contributed by atoms with Gasteiger partial charge in [0.1, 0.15) is 34.9 Å². The van der Waals surface area contributed by atoms with Crippen molar-refractivity contribution >= 4 is 74.5 Å². The van der Waals surface area contributed by atoms with E-state index < -0.39 is 74.6 Å². The number of benzene rings is 1. The van der Waals surface area contributed by atoms with Crippen LogP contribution in [0.15, 0.2) is 44.9 Å². The number of nitrogens with one attached hydrogen (secondary N) is 2. The molecule has 5 heterocycles. The molecule has 0 spiro atoms. The van der Waals surface area contributed by atoms with Gasteiger partial charge in [0.15, 0.2) is 27.9 Å². The summed E-state index contributed by atoms with van der Waals surface area (Å²) in [5, 5.41) is 51.5. The van der Waals surface area contributed by atoms with E-state index in [0.717, 1.165) is 35.1 Å². The van der Waals surface area contributed by atoms with E-state index in [0.29, 0.717) is 41.8 Å². The number of aliphatic carboxylic acids is 2.